The molecule has 0 aliphatic carbocycles. The summed E-state index contributed by atoms with van der Waals surface area (Å²) in [5, 5.41) is 61.5. The number of carbonyl (C=O) groups excluding carboxylic acids is 4. The molecule has 0 unspecified atom stereocenters. The molecule has 0 spiro atoms. The van der Waals surface area contributed by atoms with E-state index in [0.717, 1.165) is 6.92 Å². The molecule has 28 N–H and O–H groups in total. The Hall–Kier alpha value is 4.20. The number of halogens is 3. The summed E-state index contributed by atoms with van der Waals surface area (Å²) in [6.07, 6.45) is -2.72. The van der Waals surface area contributed by atoms with Crippen molar-refractivity contribution in [1.82, 2.24) is 0 Å². The second-order valence-corrected chi connectivity index (χ2v) is 6.05. The predicted octanol–water partition coefficient (Wildman–Crippen LogP) is -30.3. The van der Waals surface area contributed by atoms with Gasteiger partial charge in [-0.1, -0.05) is 0 Å². The molecule has 0 rings (SSSR count). The topological polar surface area (TPSA) is 734 Å². The minimum absolute atomic E-state index is 0. The maximum atomic E-state index is 10.1. The van der Waals surface area contributed by atoms with E-state index in [1.54, 1.807) is 0 Å². The van der Waals surface area contributed by atoms with E-state index in [1.165, 1.54) is 0 Å². The average Bonchev–Trinajstić information content (AvgIpc) is 2.33. The maximum absolute atomic E-state index is 10.1. The Bertz CT molecular complexity index is 621. The number of carbonyl (C=O) groups is 4. The van der Waals surface area contributed by atoms with Crippen molar-refractivity contribution in [2.45, 2.75) is 25.4 Å². The number of aliphatic carboxylic acids is 4. The van der Waals surface area contributed by atoms with Crippen molar-refractivity contribution in [3.05, 3.63) is 10.1 Å². The Morgan fingerprint density at radius 3 is 0.812 bits per heavy atom. The van der Waals surface area contributed by atoms with Gasteiger partial charge in [0, 0.05) is 41.1 Å². The molecule has 0 heterocycles. The van der Waals surface area contributed by atoms with E-state index in [2.05, 4.69) is 0 Å². The Labute approximate surface area is 450 Å². The van der Waals surface area contributed by atoms with Crippen LogP contribution in [0.25, 0.3) is 0 Å². The van der Waals surface area contributed by atoms with Gasteiger partial charge in [-0.15, -0.1) is 10.1 Å². The van der Waals surface area contributed by atoms with Crippen molar-refractivity contribution in [3.63, 3.8) is 0 Å². The zero-order chi connectivity index (χ0) is 25.0. The number of nitrogens with zero attached hydrogens (tertiary/aromatic N) is 1. The van der Waals surface area contributed by atoms with Gasteiger partial charge in [0.05, 0.1) is 5.97 Å². The molecular formula is C8H35Cl3K3Mg2NNiO29S. The molecule has 48 heavy (non-hydrogen) atoms. The third kappa shape index (κ3) is 298. The SMILES string of the molecule is CC(=O)[O-].O.O.O.O.O.O.O.O.O.O.O.O.O.O=C([O-])CC(O)(CC(=O)[O-])C(=O)[O-].O=S(=O)([O-])[O-].O=[N+]([O-])O.[Cl-].[Cl][Ni][Cl].[K+].[K+].[K+].[Mg+2].[Mg+2]. The van der Waals surface area contributed by atoms with E-state index in [9.17, 15) is 29.7 Å². The standard InChI is InChI=1S/C6H8O7.C2H4O2.3ClH.3K.2Mg.HNO3.Ni.H2O4S.13H2O/c7-3(8)1-6(13,5(11)12)2-4(9)10;1-2(3)4;;;;;;;;;2-1(3)4;;1-5(2,3)4;;;;;;;;;;;;;/h13H,1-2H2,(H,7,8)(H,9,10)(H,11,12);1H3,(H,3,4);3*1H;;;;;;(H,2,3,4);;(H2,1,2,3,4);13*1H2/q;;;;;3*+1;2*+2;;+2;;;;;;;;;;;;;;/p-9. The van der Waals surface area contributed by atoms with Gasteiger partial charge >= 0.3 is 233 Å². The van der Waals surface area contributed by atoms with Crippen LogP contribution in [0.3, 0.4) is 0 Å². The number of rotatable bonds is 5. The molecule has 0 bridgehead atoms. The summed E-state index contributed by atoms with van der Waals surface area (Å²) in [4.78, 5) is 47.2. The fraction of sp³-hybridized carbons (Fsp3) is 0.500. The normalized spacial score (nSPS) is 5.62. The molecule has 0 aliphatic rings. The van der Waals surface area contributed by atoms with E-state index in [0.29, 0.717) is 12.7 Å². The van der Waals surface area contributed by atoms with Crippen LogP contribution in [0.15, 0.2) is 0 Å². The summed E-state index contributed by atoms with van der Waals surface area (Å²) in [6, 6.07) is 0. The van der Waals surface area contributed by atoms with Crippen molar-refractivity contribution in [1.29, 1.82) is 0 Å². The summed E-state index contributed by atoms with van der Waals surface area (Å²) >= 11 is 0.569. The monoisotopic (exact) mass is 969 g/mol. The Morgan fingerprint density at radius 1 is 0.688 bits per heavy atom. The Morgan fingerprint density at radius 2 is 0.771 bits per heavy atom. The van der Waals surface area contributed by atoms with Crippen LogP contribution in [0.4, 0.5) is 0 Å². The first kappa shape index (κ1) is 172. The summed E-state index contributed by atoms with van der Waals surface area (Å²) < 4.78 is 34.1. The first-order valence-electron chi connectivity index (χ1n) is 5.49. The molecule has 0 saturated heterocycles. The van der Waals surface area contributed by atoms with Crippen molar-refractivity contribution in [3.8, 4) is 0 Å². The first-order chi connectivity index (χ1) is 12.7. The molecule has 0 radical (unpaired) electrons. The minimum Gasteiger partial charge on any atom is 1.00 e. The molecule has 0 aliphatic heterocycles. The van der Waals surface area contributed by atoms with Crippen LogP contribution in [-0.4, -0.2) is 180 Å². The van der Waals surface area contributed by atoms with Crippen LogP contribution in [-0.2, 0) is 42.2 Å². The minimum atomic E-state index is -5.17. The van der Waals surface area contributed by atoms with E-state index in [1.807, 2.05) is 0 Å². The quantitative estimate of drug-likeness (QED) is 0.0849. The van der Waals surface area contributed by atoms with E-state index in [-0.39, 0.29) is 284 Å². The molecule has 0 saturated carbocycles. The van der Waals surface area contributed by atoms with Gasteiger partial charge in [-0.05, 0) is 6.92 Å². The van der Waals surface area contributed by atoms with Crippen molar-refractivity contribution >= 4 is 101 Å². The predicted molar refractivity (Wildman–Crippen MR) is 129 cm³/mol. The third-order valence-electron chi connectivity index (χ3n) is 1.25. The van der Waals surface area contributed by atoms with Crippen LogP contribution < -0.4 is 187 Å². The summed E-state index contributed by atoms with van der Waals surface area (Å²) in [7, 11) is 4.24. The zero-order valence-electron chi connectivity index (χ0n) is 24.7. The van der Waals surface area contributed by atoms with Gasteiger partial charge < -0.3 is 143 Å². The van der Waals surface area contributed by atoms with Crippen LogP contribution in [0.2, 0.25) is 0 Å². The maximum Gasteiger partial charge on any atom is 2.00 e. The molecule has 0 aromatic heterocycles. The average molecular weight is 972 g/mol. The smallest absolute Gasteiger partial charge is 1.00 e. The number of aliphatic hydroxyl groups is 1. The number of hydrogen-bond acceptors (Lipinski definition) is 15. The molecule has 0 amide bonds. The Kier molecular flexibility index (Phi) is 395. The second-order valence-electron chi connectivity index (χ2n) is 3.60. The van der Waals surface area contributed by atoms with E-state index in [4.69, 9.17) is 68.2 Å². The first-order valence-corrected chi connectivity index (χ1v) is 9.54. The van der Waals surface area contributed by atoms with Crippen LogP contribution >= 0.6 is 20.4 Å². The van der Waals surface area contributed by atoms with Gasteiger partial charge in [-0.25, -0.2) is 0 Å². The van der Waals surface area contributed by atoms with Crippen LogP contribution in [0.1, 0.15) is 19.8 Å². The van der Waals surface area contributed by atoms with Gasteiger partial charge in [0.25, 0.3) is 5.09 Å². The number of carboxylic acid groups (broad SMARTS) is 4. The van der Waals surface area contributed by atoms with E-state index < -0.39 is 57.8 Å². The molecule has 40 heteroatoms. The van der Waals surface area contributed by atoms with Crippen molar-refractivity contribution < 1.29 is 323 Å². The Balaban J connectivity index is -0.00000000673. The zero-order valence-corrected chi connectivity index (χ0v) is 41.0. The number of hydrogen-bond donors (Lipinski definition) is 2. The second kappa shape index (κ2) is 110. The van der Waals surface area contributed by atoms with Gasteiger partial charge in [0.15, 0.2) is 0 Å². The number of carboxylic acids is 4. The summed E-state index contributed by atoms with van der Waals surface area (Å²) in [5.74, 6) is -7.07. The van der Waals surface area contributed by atoms with Gasteiger partial charge in [0.2, 0.25) is 0 Å². The van der Waals surface area contributed by atoms with Gasteiger partial charge in [0.1, 0.15) is 5.60 Å². The molecule has 0 aromatic carbocycles. The largest absolute Gasteiger partial charge is 2.00 e. The fourth-order valence-electron chi connectivity index (χ4n) is 0.684. The summed E-state index contributed by atoms with van der Waals surface area (Å²) in [5.41, 5.74) is -2.97. The van der Waals surface area contributed by atoms with Crippen molar-refractivity contribution in [2.75, 3.05) is 0 Å². The molecule has 0 atom stereocenters. The van der Waals surface area contributed by atoms with Crippen molar-refractivity contribution in [2.24, 2.45) is 0 Å². The van der Waals surface area contributed by atoms with Crippen LogP contribution in [0, 0.1) is 10.1 Å². The van der Waals surface area contributed by atoms with E-state index >= 15 is 0 Å². The molecule has 0 aromatic rings. The van der Waals surface area contributed by atoms with Gasteiger partial charge in [-0.2, -0.15) is 0 Å². The van der Waals surface area contributed by atoms with Crippen LogP contribution in [0.5, 0.6) is 0 Å². The fourth-order valence-corrected chi connectivity index (χ4v) is 0.684. The molecular weight excluding hydrogens is 937 g/mol. The molecule has 0 fully saturated rings. The molecule has 30 nitrogen and oxygen atoms in total. The van der Waals surface area contributed by atoms with Gasteiger partial charge in [-0.3, -0.25) is 8.42 Å². The summed E-state index contributed by atoms with van der Waals surface area (Å²) in [6.45, 7) is 0.972. The third-order valence-corrected chi connectivity index (χ3v) is 1.25. The molecule has 290 valence electrons.